The Bertz CT molecular complexity index is 416. The zero-order valence-electron chi connectivity index (χ0n) is 10.8. The number of likely N-dealkylation sites (tertiary alicyclic amines) is 1. The van der Waals surface area contributed by atoms with E-state index in [4.69, 9.17) is 0 Å². The summed E-state index contributed by atoms with van der Waals surface area (Å²) in [5.74, 6) is 0.295. The Labute approximate surface area is 110 Å². The predicted molar refractivity (Wildman–Crippen MR) is 66.5 cm³/mol. The van der Waals surface area contributed by atoms with Gasteiger partial charge in [0.1, 0.15) is 0 Å². The largest absolute Gasteiger partial charge is 0.416 e. The molecule has 1 heterocycles. The Morgan fingerprint density at radius 2 is 1.89 bits per heavy atom. The maximum atomic E-state index is 12.4. The predicted octanol–water partition coefficient (Wildman–Crippen LogP) is 2.91. The molecule has 19 heavy (non-hydrogen) atoms. The van der Waals surface area contributed by atoms with E-state index in [1.165, 1.54) is 12.1 Å². The summed E-state index contributed by atoms with van der Waals surface area (Å²) in [6.07, 6.45) is -3.71. The molecule has 2 nitrogen and oxygen atoms in total. The molecule has 5 heteroatoms. The van der Waals surface area contributed by atoms with Crippen LogP contribution in [0.3, 0.4) is 0 Å². The van der Waals surface area contributed by atoms with Crippen LogP contribution in [0.25, 0.3) is 0 Å². The number of benzene rings is 1. The molecule has 2 rings (SSSR count). The number of alkyl halides is 3. The summed E-state index contributed by atoms with van der Waals surface area (Å²) in [4.78, 5) is 2.08. The topological polar surface area (TPSA) is 23.5 Å². The average molecular weight is 273 g/mol. The Morgan fingerprint density at radius 1 is 1.26 bits per heavy atom. The van der Waals surface area contributed by atoms with E-state index in [1.54, 1.807) is 0 Å². The van der Waals surface area contributed by atoms with Gasteiger partial charge in [-0.25, -0.2) is 0 Å². The van der Waals surface area contributed by atoms with Crippen LogP contribution in [0.1, 0.15) is 24.5 Å². The number of aliphatic hydroxyl groups excluding tert-OH is 1. The second-order valence-electron chi connectivity index (χ2n) is 5.26. The van der Waals surface area contributed by atoms with Crippen molar-refractivity contribution in [1.29, 1.82) is 0 Å². The van der Waals surface area contributed by atoms with Gasteiger partial charge in [0.2, 0.25) is 0 Å². The molecule has 0 saturated carbocycles. The van der Waals surface area contributed by atoms with E-state index in [2.05, 4.69) is 4.90 Å². The molecule has 1 aliphatic heterocycles. The number of hydrogen-bond donors (Lipinski definition) is 1. The third-order valence-corrected chi connectivity index (χ3v) is 3.69. The SMILES string of the molecule is CC1CCN(Cc2ccc(C(F)(F)F)cc2)CC1O. The highest BCUT2D eigenvalue weighted by molar-refractivity contribution is 5.24. The summed E-state index contributed by atoms with van der Waals surface area (Å²) >= 11 is 0. The van der Waals surface area contributed by atoms with Crippen LogP contribution in [0.2, 0.25) is 0 Å². The minimum absolute atomic E-state index is 0.295. The molecular formula is C14H18F3NO. The fourth-order valence-electron chi connectivity index (χ4n) is 2.32. The summed E-state index contributed by atoms with van der Waals surface area (Å²) < 4.78 is 37.3. The van der Waals surface area contributed by atoms with Gasteiger partial charge in [-0.3, -0.25) is 4.90 Å². The molecule has 0 spiro atoms. The summed E-state index contributed by atoms with van der Waals surface area (Å²) in [5, 5.41) is 9.79. The fourth-order valence-corrected chi connectivity index (χ4v) is 2.32. The second kappa shape index (κ2) is 5.51. The lowest BCUT2D eigenvalue weighted by Gasteiger charge is -2.34. The minimum Gasteiger partial charge on any atom is -0.392 e. The van der Waals surface area contributed by atoms with E-state index >= 15 is 0 Å². The number of piperidine rings is 1. The van der Waals surface area contributed by atoms with Crippen LogP contribution < -0.4 is 0 Å². The van der Waals surface area contributed by atoms with Crippen molar-refractivity contribution in [1.82, 2.24) is 4.90 Å². The van der Waals surface area contributed by atoms with Crippen LogP contribution in [0.15, 0.2) is 24.3 Å². The smallest absolute Gasteiger partial charge is 0.392 e. The van der Waals surface area contributed by atoms with Gasteiger partial charge in [0.15, 0.2) is 0 Å². The van der Waals surface area contributed by atoms with Gasteiger partial charge in [0.25, 0.3) is 0 Å². The molecule has 0 bridgehead atoms. The number of β-amino-alcohol motifs (C(OH)–C–C–N with tert-alkyl or cyclic N) is 1. The molecule has 0 aromatic heterocycles. The summed E-state index contributed by atoms with van der Waals surface area (Å²) in [5.41, 5.74) is 0.221. The first-order chi connectivity index (χ1) is 8.86. The highest BCUT2D eigenvalue weighted by Crippen LogP contribution is 2.29. The Morgan fingerprint density at radius 3 is 2.42 bits per heavy atom. The Balaban J connectivity index is 1.97. The first kappa shape index (κ1) is 14.3. The van der Waals surface area contributed by atoms with Gasteiger partial charge in [-0.05, 0) is 36.6 Å². The van der Waals surface area contributed by atoms with E-state index in [-0.39, 0.29) is 6.10 Å². The highest BCUT2D eigenvalue weighted by Gasteiger charge is 2.30. The van der Waals surface area contributed by atoms with Crippen LogP contribution >= 0.6 is 0 Å². The quantitative estimate of drug-likeness (QED) is 0.895. The lowest BCUT2D eigenvalue weighted by atomic mass is 9.95. The van der Waals surface area contributed by atoms with Crippen LogP contribution in [-0.2, 0) is 12.7 Å². The van der Waals surface area contributed by atoms with Gasteiger partial charge in [-0.2, -0.15) is 13.2 Å². The van der Waals surface area contributed by atoms with Crippen LogP contribution in [-0.4, -0.2) is 29.2 Å². The van der Waals surface area contributed by atoms with E-state index in [0.717, 1.165) is 30.7 Å². The maximum absolute atomic E-state index is 12.4. The van der Waals surface area contributed by atoms with E-state index in [0.29, 0.717) is 19.0 Å². The molecule has 1 fully saturated rings. The van der Waals surface area contributed by atoms with Gasteiger partial charge < -0.3 is 5.11 Å². The van der Waals surface area contributed by atoms with E-state index in [1.807, 2.05) is 6.92 Å². The van der Waals surface area contributed by atoms with Gasteiger partial charge in [0.05, 0.1) is 11.7 Å². The number of hydrogen-bond acceptors (Lipinski definition) is 2. The number of aliphatic hydroxyl groups is 1. The number of rotatable bonds is 2. The van der Waals surface area contributed by atoms with Crippen molar-refractivity contribution in [3.05, 3.63) is 35.4 Å². The number of halogens is 3. The first-order valence-electron chi connectivity index (χ1n) is 6.43. The molecule has 1 aromatic carbocycles. The normalized spacial score (nSPS) is 25.5. The van der Waals surface area contributed by atoms with Crippen molar-refractivity contribution >= 4 is 0 Å². The van der Waals surface area contributed by atoms with Gasteiger partial charge >= 0.3 is 6.18 Å². The maximum Gasteiger partial charge on any atom is 0.416 e. The monoisotopic (exact) mass is 273 g/mol. The molecule has 1 N–H and O–H groups in total. The molecule has 1 aliphatic rings. The summed E-state index contributed by atoms with van der Waals surface area (Å²) in [6.45, 7) is 4.06. The molecule has 1 aromatic rings. The molecule has 0 amide bonds. The fraction of sp³-hybridized carbons (Fsp3) is 0.571. The molecule has 2 atom stereocenters. The molecular weight excluding hydrogens is 255 g/mol. The van der Waals surface area contributed by atoms with Crippen molar-refractivity contribution in [3.8, 4) is 0 Å². The third-order valence-electron chi connectivity index (χ3n) is 3.69. The average Bonchev–Trinajstić information content (AvgIpc) is 2.33. The Kier molecular flexibility index (Phi) is 4.16. The standard InChI is InChI=1S/C14H18F3NO/c1-10-6-7-18(9-13(10)19)8-11-2-4-12(5-3-11)14(15,16)17/h2-5,10,13,19H,6-9H2,1H3. The molecule has 1 saturated heterocycles. The highest BCUT2D eigenvalue weighted by atomic mass is 19.4. The third kappa shape index (κ3) is 3.70. The van der Waals surface area contributed by atoms with Crippen LogP contribution in [0.5, 0.6) is 0 Å². The van der Waals surface area contributed by atoms with Crippen LogP contribution in [0, 0.1) is 5.92 Å². The summed E-state index contributed by atoms with van der Waals surface area (Å²) in [6, 6.07) is 5.23. The summed E-state index contributed by atoms with van der Waals surface area (Å²) in [7, 11) is 0. The molecule has 2 unspecified atom stereocenters. The van der Waals surface area contributed by atoms with E-state index < -0.39 is 11.7 Å². The van der Waals surface area contributed by atoms with Gasteiger partial charge in [0, 0.05) is 13.1 Å². The lowest BCUT2D eigenvalue weighted by Crippen LogP contribution is -2.42. The van der Waals surface area contributed by atoms with Crippen molar-refractivity contribution < 1.29 is 18.3 Å². The van der Waals surface area contributed by atoms with Gasteiger partial charge in [-0.15, -0.1) is 0 Å². The van der Waals surface area contributed by atoms with Crippen LogP contribution in [0.4, 0.5) is 13.2 Å². The van der Waals surface area contributed by atoms with Crippen molar-refractivity contribution in [2.75, 3.05) is 13.1 Å². The zero-order chi connectivity index (χ0) is 14.0. The molecule has 0 aliphatic carbocycles. The lowest BCUT2D eigenvalue weighted by molar-refractivity contribution is -0.137. The Hall–Kier alpha value is -1.07. The van der Waals surface area contributed by atoms with Crippen molar-refractivity contribution in [2.24, 2.45) is 5.92 Å². The van der Waals surface area contributed by atoms with Gasteiger partial charge in [-0.1, -0.05) is 19.1 Å². The zero-order valence-corrected chi connectivity index (χ0v) is 10.8. The first-order valence-corrected chi connectivity index (χ1v) is 6.43. The minimum atomic E-state index is -4.28. The molecule has 0 radical (unpaired) electrons. The van der Waals surface area contributed by atoms with Crippen molar-refractivity contribution in [2.45, 2.75) is 32.2 Å². The molecule has 106 valence electrons. The van der Waals surface area contributed by atoms with Crippen molar-refractivity contribution in [3.63, 3.8) is 0 Å². The number of nitrogens with zero attached hydrogens (tertiary/aromatic N) is 1. The second-order valence-corrected chi connectivity index (χ2v) is 5.26. The van der Waals surface area contributed by atoms with E-state index in [9.17, 15) is 18.3 Å².